The Bertz CT molecular complexity index is 501. The van der Waals surface area contributed by atoms with E-state index in [1.54, 1.807) is 14.2 Å². The van der Waals surface area contributed by atoms with Crippen LogP contribution in [0.25, 0.3) is 0 Å². The van der Waals surface area contributed by atoms with E-state index in [2.05, 4.69) is 12.1 Å². The van der Waals surface area contributed by atoms with E-state index in [0.29, 0.717) is 11.8 Å². The van der Waals surface area contributed by atoms with E-state index in [9.17, 15) is 0 Å². The van der Waals surface area contributed by atoms with Crippen LogP contribution in [0, 0.1) is 5.92 Å². The van der Waals surface area contributed by atoms with E-state index in [-0.39, 0.29) is 12.4 Å². The predicted octanol–water partition coefficient (Wildman–Crippen LogP) is 3.85. The standard InChI is InChI=1S/C16H21NO2.ClH/c1-18-15-8-7-11(9-16(15)19-2)13-10-17-14-6-4-3-5-12(13)14;/h7-9,12-13H,3-6,10H2,1-2H3;1H. The van der Waals surface area contributed by atoms with Crippen molar-refractivity contribution in [2.45, 2.75) is 31.6 Å². The van der Waals surface area contributed by atoms with Gasteiger partial charge in [-0.3, -0.25) is 4.99 Å². The average Bonchev–Trinajstić information content (AvgIpc) is 2.90. The van der Waals surface area contributed by atoms with Crippen molar-refractivity contribution in [1.82, 2.24) is 0 Å². The van der Waals surface area contributed by atoms with Crippen LogP contribution in [-0.4, -0.2) is 26.5 Å². The fourth-order valence-corrected chi connectivity index (χ4v) is 3.42. The number of nitrogens with zero attached hydrogens (tertiary/aromatic N) is 1. The molecule has 20 heavy (non-hydrogen) atoms. The lowest BCUT2D eigenvalue weighted by Gasteiger charge is -2.25. The molecule has 1 aromatic carbocycles. The van der Waals surface area contributed by atoms with Crippen LogP contribution >= 0.6 is 12.4 Å². The van der Waals surface area contributed by atoms with E-state index < -0.39 is 0 Å². The van der Waals surface area contributed by atoms with E-state index >= 15 is 0 Å². The van der Waals surface area contributed by atoms with Gasteiger partial charge in [0.25, 0.3) is 0 Å². The van der Waals surface area contributed by atoms with Gasteiger partial charge in [-0.15, -0.1) is 12.4 Å². The van der Waals surface area contributed by atoms with Gasteiger partial charge in [0.1, 0.15) is 0 Å². The maximum absolute atomic E-state index is 5.41. The number of ether oxygens (including phenoxy) is 2. The Balaban J connectivity index is 0.00000147. The summed E-state index contributed by atoms with van der Waals surface area (Å²) in [5.41, 5.74) is 2.79. The van der Waals surface area contributed by atoms with Crippen LogP contribution in [0.2, 0.25) is 0 Å². The molecule has 0 N–H and O–H groups in total. The molecule has 0 spiro atoms. The molecule has 0 radical (unpaired) electrons. The Kier molecular flexibility index (Phi) is 4.92. The molecule has 2 atom stereocenters. The summed E-state index contributed by atoms with van der Waals surface area (Å²) < 4.78 is 10.7. The zero-order valence-electron chi connectivity index (χ0n) is 12.1. The number of benzene rings is 1. The van der Waals surface area contributed by atoms with Crippen LogP contribution in [0.1, 0.15) is 37.2 Å². The number of methoxy groups -OCH3 is 2. The Labute approximate surface area is 126 Å². The molecule has 0 amide bonds. The first-order chi connectivity index (χ1) is 9.33. The smallest absolute Gasteiger partial charge is 0.160 e. The monoisotopic (exact) mass is 295 g/mol. The first-order valence-electron chi connectivity index (χ1n) is 7.08. The maximum atomic E-state index is 5.41. The highest BCUT2D eigenvalue weighted by Crippen LogP contribution is 2.41. The van der Waals surface area contributed by atoms with Gasteiger partial charge in [-0.1, -0.05) is 12.5 Å². The molecule has 1 heterocycles. The highest BCUT2D eigenvalue weighted by atomic mass is 35.5. The second-order valence-electron chi connectivity index (χ2n) is 5.41. The quantitative estimate of drug-likeness (QED) is 0.848. The largest absolute Gasteiger partial charge is 0.493 e. The number of hydrogen-bond donors (Lipinski definition) is 0. The van der Waals surface area contributed by atoms with Crippen molar-refractivity contribution in [3.8, 4) is 11.5 Å². The zero-order valence-corrected chi connectivity index (χ0v) is 12.9. The molecule has 1 saturated carbocycles. The van der Waals surface area contributed by atoms with Crippen molar-refractivity contribution >= 4 is 18.1 Å². The molecule has 1 fully saturated rings. The lowest BCUT2D eigenvalue weighted by atomic mass is 9.78. The van der Waals surface area contributed by atoms with Gasteiger partial charge >= 0.3 is 0 Å². The SMILES string of the molecule is COc1ccc(C2CN=C3CCCCC32)cc1OC.Cl. The van der Waals surface area contributed by atoms with Crippen molar-refractivity contribution in [1.29, 1.82) is 0 Å². The van der Waals surface area contributed by atoms with E-state index in [0.717, 1.165) is 18.0 Å². The summed E-state index contributed by atoms with van der Waals surface area (Å²) in [5.74, 6) is 2.82. The topological polar surface area (TPSA) is 30.8 Å². The van der Waals surface area contributed by atoms with Gasteiger partial charge in [0, 0.05) is 24.1 Å². The van der Waals surface area contributed by atoms with Crippen LogP contribution in [-0.2, 0) is 0 Å². The van der Waals surface area contributed by atoms with E-state index in [1.807, 2.05) is 6.07 Å². The molecule has 0 bridgehead atoms. The molecule has 1 aliphatic carbocycles. The third-order valence-corrected chi connectivity index (χ3v) is 4.44. The van der Waals surface area contributed by atoms with Gasteiger partial charge in [-0.25, -0.2) is 0 Å². The van der Waals surface area contributed by atoms with Crippen molar-refractivity contribution < 1.29 is 9.47 Å². The lowest BCUT2D eigenvalue weighted by molar-refractivity contribution is 0.353. The van der Waals surface area contributed by atoms with Crippen LogP contribution < -0.4 is 9.47 Å². The number of aliphatic imine (C=N–C) groups is 1. The molecular weight excluding hydrogens is 274 g/mol. The Morgan fingerprint density at radius 1 is 1.05 bits per heavy atom. The Morgan fingerprint density at radius 2 is 1.85 bits per heavy atom. The first kappa shape index (κ1) is 15.2. The van der Waals surface area contributed by atoms with Gasteiger partial charge in [0.05, 0.1) is 14.2 Å². The third kappa shape index (κ3) is 2.64. The van der Waals surface area contributed by atoms with Crippen LogP contribution in [0.4, 0.5) is 0 Å². The van der Waals surface area contributed by atoms with Crippen molar-refractivity contribution in [3.63, 3.8) is 0 Å². The normalized spacial score (nSPS) is 24.4. The minimum Gasteiger partial charge on any atom is -0.493 e. The summed E-state index contributed by atoms with van der Waals surface area (Å²) in [6.07, 6.45) is 5.15. The summed E-state index contributed by atoms with van der Waals surface area (Å²) in [6, 6.07) is 6.30. The fraction of sp³-hybridized carbons (Fsp3) is 0.562. The molecule has 3 nitrogen and oxygen atoms in total. The van der Waals surface area contributed by atoms with Crippen molar-refractivity contribution in [3.05, 3.63) is 23.8 Å². The predicted molar refractivity (Wildman–Crippen MR) is 83.8 cm³/mol. The number of hydrogen-bond acceptors (Lipinski definition) is 3. The van der Waals surface area contributed by atoms with Crippen molar-refractivity contribution in [2.75, 3.05) is 20.8 Å². The maximum Gasteiger partial charge on any atom is 0.160 e. The highest BCUT2D eigenvalue weighted by Gasteiger charge is 2.34. The van der Waals surface area contributed by atoms with Crippen LogP contribution in [0.15, 0.2) is 23.2 Å². The molecular formula is C16H22ClNO2. The van der Waals surface area contributed by atoms with Gasteiger partial charge in [0.15, 0.2) is 11.5 Å². The number of halogens is 1. The van der Waals surface area contributed by atoms with E-state index in [4.69, 9.17) is 14.5 Å². The van der Waals surface area contributed by atoms with Crippen LogP contribution in [0.3, 0.4) is 0 Å². The fourth-order valence-electron chi connectivity index (χ4n) is 3.42. The lowest BCUT2D eigenvalue weighted by Crippen LogP contribution is -2.21. The van der Waals surface area contributed by atoms with E-state index in [1.165, 1.54) is 37.0 Å². The van der Waals surface area contributed by atoms with Gasteiger partial charge in [0.2, 0.25) is 0 Å². The van der Waals surface area contributed by atoms with Gasteiger partial charge < -0.3 is 9.47 Å². The molecule has 2 aliphatic rings. The minimum atomic E-state index is 0. The summed E-state index contributed by atoms with van der Waals surface area (Å²) in [5, 5.41) is 0. The highest BCUT2D eigenvalue weighted by molar-refractivity contribution is 5.90. The molecule has 0 aromatic heterocycles. The third-order valence-electron chi connectivity index (χ3n) is 4.44. The Morgan fingerprint density at radius 3 is 2.60 bits per heavy atom. The second-order valence-corrected chi connectivity index (χ2v) is 5.41. The Hall–Kier alpha value is -1.22. The summed E-state index contributed by atoms with van der Waals surface area (Å²) in [7, 11) is 3.37. The number of fused-ring (bicyclic) bond motifs is 1. The summed E-state index contributed by atoms with van der Waals surface area (Å²) in [6.45, 7) is 0.940. The van der Waals surface area contributed by atoms with Crippen molar-refractivity contribution in [2.24, 2.45) is 10.9 Å². The minimum absolute atomic E-state index is 0. The zero-order chi connectivity index (χ0) is 13.2. The van der Waals surface area contributed by atoms with Gasteiger partial charge in [-0.05, 0) is 37.0 Å². The second kappa shape index (κ2) is 6.49. The molecule has 2 unspecified atom stereocenters. The molecule has 4 heteroatoms. The molecule has 1 aromatic rings. The average molecular weight is 296 g/mol. The van der Waals surface area contributed by atoms with Gasteiger partial charge in [-0.2, -0.15) is 0 Å². The molecule has 1 aliphatic heterocycles. The van der Waals surface area contributed by atoms with Crippen LogP contribution in [0.5, 0.6) is 11.5 Å². The molecule has 0 saturated heterocycles. The number of rotatable bonds is 3. The molecule has 3 rings (SSSR count). The summed E-state index contributed by atoms with van der Waals surface area (Å²) in [4.78, 5) is 4.76. The summed E-state index contributed by atoms with van der Waals surface area (Å²) >= 11 is 0. The molecule has 110 valence electrons. The first-order valence-corrected chi connectivity index (χ1v) is 7.08.